The molecule has 5 heteroatoms. The van der Waals surface area contributed by atoms with Gasteiger partial charge in [-0.15, -0.1) is 0 Å². The van der Waals surface area contributed by atoms with E-state index in [-0.39, 0.29) is 42.4 Å². The van der Waals surface area contributed by atoms with E-state index >= 15 is 0 Å². The fourth-order valence-corrected chi connectivity index (χ4v) is 5.69. The average Bonchev–Trinajstić information content (AvgIpc) is 2.72. The monoisotopic (exact) mass is 432 g/mol. The van der Waals surface area contributed by atoms with Crippen LogP contribution in [0.25, 0.3) is 0 Å². The number of rotatable bonds is 9. The zero-order valence-electron chi connectivity index (χ0n) is 19.4. The molecule has 0 saturated carbocycles. The molecule has 1 heterocycles. The molecule has 2 aliphatic carbocycles. The Morgan fingerprint density at radius 1 is 1.26 bits per heavy atom. The maximum Gasteiger partial charge on any atom is 0.309 e. The first-order chi connectivity index (χ1) is 14.9. The van der Waals surface area contributed by atoms with E-state index in [9.17, 15) is 14.7 Å². The smallest absolute Gasteiger partial charge is 0.309 e. The molecule has 0 aromatic heterocycles. The zero-order valence-corrected chi connectivity index (χ0v) is 19.4. The highest BCUT2D eigenvalue weighted by Crippen LogP contribution is 2.44. The fourth-order valence-electron chi connectivity index (χ4n) is 5.69. The van der Waals surface area contributed by atoms with Crippen LogP contribution in [0.3, 0.4) is 0 Å². The minimum absolute atomic E-state index is 0.00232. The second-order valence-electron chi connectivity index (χ2n) is 9.72. The number of esters is 2. The molecule has 0 radical (unpaired) electrons. The maximum atomic E-state index is 13.0. The van der Waals surface area contributed by atoms with Gasteiger partial charge in [0.15, 0.2) is 0 Å². The van der Waals surface area contributed by atoms with E-state index in [1.807, 2.05) is 0 Å². The summed E-state index contributed by atoms with van der Waals surface area (Å²) in [5.41, 5.74) is 1.29. The molecule has 1 aliphatic heterocycles. The molecule has 3 aliphatic rings. The molecular formula is C26H40O5. The van der Waals surface area contributed by atoms with Gasteiger partial charge < -0.3 is 14.6 Å². The lowest BCUT2D eigenvalue weighted by Gasteiger charge is -2.42. The van der Waals surface area contributed by atoms with Crippen LogP contribution in [0.15, 0.2) is 23.8 Å². The van der Waals surface area contributed by atoms with Crippen molar-refractivity contribution in [1.82, 2.24) is 0 Å². The van der Waals surface area contributed by atoms with Crippen LogP contribution in [0.1, 0.15) is 85.0 Å². The van der Waals surface area contributed by atoms with E-state index in [0.717, 1.165) is 51.4 Å². The first-order valence-corrected chi connectivity index (χ1v) is 12.4. The van der Waals surface area contributed by atoms with Gasteiger partial charge in [-0.1, -0.05) is 51.8 Å². The van der Waals surface area contributed by atoms with Crippen molar-refractivity contribution in [3.63, 3.8) is 0 Å². The second kappa shape index (κ2) is 11.3. The molecule has 0 bridgehead atoms. The van der Waals surface area contributed by atoms with Gasteiger partial charge in [-0.25, -0.2) is 0 Å². The van der Waals surface area contributed by atoms with Crippen molar-refractivity contribution in [2.24, 2.45) is 23.7 Å². The molecule has 0 amide bonds. The van der Waals surface area contributed by atoms with Crippen molar-refractivity contribution in [3.8, 4) is 0 Å². The Morgan fingerprint density at radius 2 is 2.00 bits per heavy atom. The molecule has 0 aromatic rings. The number of hydrogen-bond donors (Lipinski definition) is 1. The Bertz CT molecular complexity index is 675. The van der Waals surface area contributed by atoms with Crippen LogP contribution < -0.4 is 0 Å². The topological polar surface area (TPSA) is 72.8 Å². The van der Waals surface area contributed by atoms with Crippen LogP contribution in [-0.2, 0) is 19.1 Å². The highest BCUT2D eigenvalue weighted by atomic mass is 16.5. The van der Waals surface area contributed by atoms with Gasteiger partial charge >= 0.3 is 11.9 Å². The summed E-state index contributed by atoms with van der Waals surface area (Å²) in [6, 6.07) is 0. The lowest BCUT2D eigenvalue weighted by Crippen LogP contribution is -2.41. The van der Waals surface area contributed by atoms with Crippen LogP contribution in [-0.4, -0.2) is 35.4 Å². The van der Waals surface area contributed by atoms with E-state index in [4.69, 9.17) is 9.47 Å². The van der Waals surface area contributed by atoms with Crippen LogP contribution in [0.5, 0.6) is 0 Å². The number of allylic oxidation sites excluding steroid dienone is 3. The number of ether oxygens (including phenoxy) is 2. The molecule has 0 spiro atoms. The molecule has 174 valence electrons. The van der Waals surface area contributed by atoms with Crippen molar-refractivity contribution in [1.29, 1.82) is 0 Å². The quantitative estimate of drug-likeness (QED) is 0.512. The molecule has 1 saturated heterocycles. The summed E-state index contributed by atoms with van der Waals surface area (Å²) in [5, 5.41) is 9.93. The van der Waals surface area contributed by atoms with Gasteiger partial charge in [0.1, 0.15) is 12.2 Å². The maximum absolute atomic E-state index is 13.0. The Kier molecular flexibility index (Phi) is 8.76. The van der Waals surface area contributed by atoms with Crippen molar-refractivity contribution in [2.75, 3.05) is 0 Å². The molecule has 31 heavy (non-hydrogen) atoms. The minimum Gasteiger partial charge on any atom is -0.462 e. The van der Waals surface area contributed by atoms with Gasteiger partial charge in [0.25, 0.3) is 0 Å². The standard InChI is InChI=1S/C26H40O5/c1-4-7-19(8-5-2)26(29)31-23-10-6-9-18-12-11-17(3)22(25(18)23)14-13-21-15-20(27)16-24(28)30-21/h9,11-12,17,19-23,25,27H,4-8,10,13-16H2,1-3H3/t17-,20+,21+,22-,23-,25-/m0/s1. The van der Waals surface area contributed by atoms with E-state index in [2.05, 4.69) is 39.0 Å². The molecule has 3 rings (SSSR count). The van der Waals surface area contributed by atoms with Crippen molar-refractivity contribution < 1.29 is 24.2 Å². The summed E-state index contributed by atoms with van der Waals surface area (Å²) in [7, 11) is 0. The Morgan fingerprint density at radius 3 is 2.68 bits per heavy atom. The van der Waals surface area contributed by atoms with Crippen LogP contribution in [0.4, 0.5) is 0 Å². The summed E-state index contributed by atoms with van der Waals surface area (Å²) >= 11 is 0. The molecule has 6 atom stereocenters. The molecule has 5 nitrogen and oxygen atoms in total. The predicted octanol–water partition coefficient (Wildman–Crippen LogP) is 5.12. The Balaban J connectivity index is 1.69. The summed E-state index contributed by atoms with van der Waals surface area (Å²) in [4.78, 5) is 24.7. The van der Waals surface area contributed by atoms with Crippen molar-refractivity contribution >= 4 is 11.9 Å². The third kappa shape index (κ3) is 6.21. The third-order valence-electron chi connectivity index (χ3n) is 7.28. The zero-order chi connectivity index (χ0) is 22.4. The number of carbonyl (C=O) groups excluding carboxylic acids is 2. The summed E-state index contributed by atoms with van der Waals surface area (Å²) < 4.78 is 11.7. The van der Waals surface area contributed by atoms with Crippen LogP contribution in [0.2, 0.25) is 0 Å². The van der Waals surface area contributed by atoms with Crippen LogP contribution in [0, 0.1) is 23.7 Å². The number of carbonyl (C=O) groups is 2. The van der Waals surface area contributed by atoms with Gasteiger partial charge in [-0.2, -0.15) is 0 Å². The number of fused-ring (bicyclic) bond motifs is 1. The Hall–Kier alpha value is -1.62. The molecular weight excluding hydrogens is 392 g/mol. The summed E-state index contributed by atoms with van der Waals surface area (Å²) in [6.07, 6.45) is 13.7. The summed E-state index contributed by atoms with van der Waals surface area (Å²) in [6.45, 7) is 6.47. The largest absolute Gasteiger partial charge is 0.462 e. The van der Waals surface area contributed by atoms with Crippen molar-refractivity contribution in [3.05, 3.63) is 23.8 Å². The van der Waals surface area contributed by atoms with Gasteiger partial charge in [-0.3, -0.25) is 9.59 Å². The second-order valence-corrected chi connectivity index (χ2v) is 9.72. The number of aliphatic hydroxyl groups excluding tert-OH is 1. The van der Waals surface area contributed by atoms with Gasteiger partial charge in [0.05, 0.1) is 18.4 Å². The van der Waals surface area contributed by atoms with Crippen LogP contribution >= 0.6 is 0 Å². The van der Waals surface area contributed by atoms with Gasteiger partial charge in [0, 0.05) is 12.3 Å². The minimum atomic E-state index is -0.595. The van der Waals surface area contributed by atoms with Crippen molar-refractivity contribution in [2.45, 2.75) is 103 Å². The third-order valence-corrected chi connectivity index (χ3v) is 7.28. The SMILES string of the molecule is CCCC(CCC)C(=O)O[C@H]1CCC=C2C=C[C@H](C)[C@H](CC[C@@H]3C[C@@H](O)CC(=O)O3)[C@H]21. The number of cyclic esters (lactones) is 1. The van der Waals surface area contributed by atoms with E-state index < -0.39 is 6.10 Å². The lowest BCUT2D eigenvalue weighted by atomic mass is 9.66. The first-order valence-electron chi connectivity index (χ1n) is 12.4. The normalized spacial score (nSPS) is 32.9. The molecule has 1 fully saturated rings. The molecule has 1 N–H and O–H groups in total. The van der Waals surface area contributed by atoms with Gasteiger partial charge in [-0.05, 0) is 55.9 Å². The van der Waals surface area contributed by atoms with E-state index in [1.165, 1.54) is 5.57 Å². The highest BCUT2D eigenvalue weighted by molar-refractivity contribution is 5.72. The average molecular weight is 433 g/mol. The Labute approximate surface area is 187 Å². The van der Waals surface area contributed by atoms with Gasteiger partial charge in [0.2, 0.25) is 0 Å². The predicted molar refractivity (Wildman–Crippen MR) is 120 cm³/mol. The van der Waals surface area contributed by atoms with E-state index in [1.54, 1.807) is 0 Å². The number of hydrogen-bond acceptors (Lipinski definition) is 5. The highest BCUT2D eigenvalue weighted by Gasteiger charge is 2.41. The molecule has 0 aromatic carbocycles. The first kappa shape index (κ1) is 24.0. The lowest BCUT2D eigenvalue weighted by molar-refractivity contribution is -0.162. The fraction of sp³-hybridized carbons (Fsp3) is 0.769. The summed E-state index contributed by atoms with van der Waals surface area (Å²) in [5.74, 6) is 0.576. The van der Waals surface area contributed by atoms with E-state index in [0.29, 0.717) is 18.3 Å². The molecule has 0 unspecified atom stereocenters. The number of aliphatic hydroxyl groups is 1.